The van der Waals surface area contributed by atoms with Crippen LogP contribution in [-0.4, -0.2) is 42.8 Å². The second-order valence-electron chi connectivity index (χ2n) is 4.08. The summed E-state index contributed by atoms with van der Waals surface area (Å²) in [5.74, 6) is -0.117. The number of Topliss-reactive ketones (excluding diaryl/α,β-unsaturated/α-hetero) is 1. The van der Waals surface area contributed by atoms with E-state index in [4.69, 9.17) is 11.5 Å². The molecule has 0 spiro atoms. The van der Waals surface area contributed by atoms with Gasteiger partial charge in [-0.25, -0.2) is 0 Å². The molecule has 17 heavy (non-hydrogen) atoms. The smallest absolute Gasteiger partial charge is 0.237 e. The van der Waals surface area contributed by atoms with Crippen molar-refractivity contribution in [3.63, 3.8) is 0 Å². The average molecular weight is 241 g/mol. The van der Waals surface area contributed by atoms with Gasteiger partial charge in [-0.15, -0.1) is 0 Å². The summed E-state index contributed by atoms with van der Waals surface area (Å²) in [7, 11) is 0. The number of carbonyl (C=O) groups excluding carboxylic acids is 2. The Kier molecular flexibility index (Phi) is 4.89. The number of amides is 1. The Bertz CT molecular complexity index is 325. The first-order valence-corrected chi connectivity index (χ1v) is 5.60. The number of rotatable bonds is 5. The lowest BCUT2D eigenvalue weighted by Crippen LogP contribution is -2.60. The molecule has 1 aliphatic heterocycles. The van der Waals surface area contributed by atoms with Gasteiger partial charge < -0.3 is 22.1 Å². The molecule has 1 rings (SSSR count). The topological polar surface area (TPSA) is 123 Å². The van der Waals surface area contributed by atoms with Crippen molar-refractivity contribution in [1.82, 2.24) is 10.6 Å². The molecule has 2 atom stereocenters. The molecule has 1 fully saturated rings. The number of aliphatic imine (C=N–C) groups is 1. The SMILES string of the molecule is CC(=O)[C@H]1CN[C@@H](CCCN=C(N)N)C(=O)N1. The molecule has 0 saturated carbocycles. The van der Waals surface area contributed by atoms with Gasteiger partial charge in [-0.2, -0.15) is 0 Å². The van der Waals surface area contributed by atoms with Crippen LogP contribution in [0, 0.1) is 0 Å². The van der Waals surface area contributed by atoms with Gasteiger partial charge in [0.25, 0.3) is 0 Å². The minimum atomic E-state index is -0.406. The van der Waals surface area contributed by atoms with Gasteiger partial charge >= 0.3 is 0 Å². The lowest BCUT2D eigenvalue weighted by molar-refractivity contribution is -0.130. The van der Waals surface area contributed by atoms with Crippen LogP contribution in [-0.2, 0) is 9.59 Å². The highest BCUT2D eigenvalue weighted by Gasteiger charge is 2.28. The Morgan fingerprint density at radius 1 is 1.53 bits per heavy atom. The Hall–Kier alpha value is -1.63. The first-order chi connectivity index (χ1) is 8.00. The number of guanidine groups is 1. The fraction of sp³-hybridized carbons (Fsp3) is 0.700. The third-order valence-corrected chi connectivity index (χ3v) is 2.64. The molecular weight excluding hydrogens is 222 g/mol. The minimum Gasteiger partial charge on any atom is -0.370 e. The number of ketones is 1. The number of nitrogens with two attached hydrogens (primary N) is 2. The number of nitrogens with zero attached hydrogens (tertiary/aromatic N) is 1. The predicted molar refractivity (Wildman–Crippen MR) is 64.3 cm³/mol. The van der Waals surface area contributed by atoms with Gasteiger partial charge in [0.05, 0.1) is 12.1 Å². The maximum atomic E-state index is 11.6. The molecule has 0 unspecified atom stereocenters. The second-order valence-corrected chi connectivity index (χ2v) is 4.08. The lowest BCUT2D eigenvalue weighted by atomic mass is 10.0. The summed E-state index contributed by atoms with van der Waals surface area (Å²) >= 11 is 0. The number of carbonyl (C=O) groups is 2. The largest absolute Gasteiger partial charge is 0.370 e. The fourth-order valence-corrected chi connectivity index (χ4v) is 1.66. The molecule has 7 heteroatoms. The zero-order chi connectivity index (χ0) is 12.8. The van der Waals surface area contributed by atoms with E-state index in [0.717, 1.165) is 0 Å². The maximum absolute atomic E-state index is 11.6. The second kappa shape index (κ2) is 6.19. The first-order valence-electron chi connectivity index (χ1n) is 5.60. The van der Waals surface area contributed by atoms with Crippen LogP contribution in [0.5, 0.6) is 0 Å². The van der Waals surface area contributed by atoms with E-state index in [1.54, 1.807) is 0 Å². The third kappa shape index (κ3) is 4.39. The normalized spacial score (nSPS) is 23.9. The molecule has 1 saturated heterocycles. The molecule has 1 amide bonds. The van der Waals surface area contributed by atoms with Crippen molar-refractivity contribution in [2.45, 2.75) is 31.8 Å². The molecule has 6 N–H and O–H groups in total. The van der Waals surface area contributed by atoms with Gasteiger partial charge in [0.1, 0.15) is 0 Å². The highest BCUT2D eigenvalue weighted by atomic mass is 16.2. The van der Waals surface area contributed by atoms with E-state index >= 15 is 0 Å². The van der Waals surface area contributed by atoms with E-state index in [-0.39, 0.29) is 23.7 Å². The third-order valence-electron chi connectivity index (χ3n) is 2.64. The van der Waals surface area contributed by atoms with Crippen molar-refractivity contribution < 1.29 is 9.59 Å². The fourth-order valence-electron chi connectivity index (χ4n) is 1.66. The van der Waals surface area contributed by atoms with Crippen molar-refractivity contribution in [1.29, 1.82) is 0 Å². The Labute approximate surface area is 100 Å². The molecule has 0 aromatic rings. The van der Waals surface area contributed by atoms with E-state index in [1.165, 1.54) is 6.92 Å². The van der Waals surface area contributed by atoms with Crippen molar-refractivity contribution in [3.05, 3.63) is 0 Å². The lowest BCUT2D eigenvalue weighted by Gasteiger charge is -2.28. The van der Waals surface area contributed by atoms with Crippen molar-refractivity contribution in [2.24, 2.45) is 16.5 Å². The van der Waals surface area contributed by atoms with E-state index in [9.17, 15) is 9.59 Å². The van der Waals surface area contributed by atoms with Crippen LogP contribution >= 0.6 is 0 Å². The molecule has 0 radical (unpaired) electrons. The summed E-state index contributed by atoms with van der Waals surface area (Å²) in [6, 6.07) is -0.670. The predicted octanol–water partition coefficient (Wildman–Crippen LogP) is -1.91. The van der Waals surface area contributed by atoms with Crippen molar-refractivity contribution in [2.75, 3.05) is 13.1 Å². The molecule has 0 aromatic heterocycles. The summed E-state index contributed by atoms with van der Waals surface area (Å²) in [4.78, 5) is 26.5. The van der Waals surface area contributed by atoms with Crippen molar-refractivity contribution >= 4 is 17.6 Å². The van der Waals surface area contributed by atoms with Crippen LogP contribution < -0.4 is 22.1 Å². The van der Waals surface area contributed by atoms with Crippen LogP contribution in [0.25, 0.3) is 0 Å². The van der Waals surface area contributed by atoms with Crippen LogP contribution in [0.4, 0.5) is 0 Å². The summed E-state index contributed by atoms with van der Waals surface area (Å²) in [5, 5.41) is 5.72. The highest BCUT2D eigenvalue weighted by molar-refractivity contribution is 5.91. The standard InChI is InChI=1S/C10H19N5O2/c1-6(16)8-5-14-7(9(17)15-8)3-2-4-13-10(11)12/h7-8,14H,2-5H2,1H3,(H,15,17)(H4,11,12,13)/t7-,8+/m0/s1. The summed E-state index contributed by atoms with van der Waals surface area (Å²) in [6.07, 6.45) is 1.36. The number of hydrogen-bond donors (Lipinski definition) is 4. The molecule has 1 aliphatic rings. The minimum absolute atomic E-state index is 0.0372. The molecule has 7 nitrogen and oxygen atoms in total. The van der Waals surface area contributed by atoms with Gasteiger partial charge in [-0.05, 0) is 19.8 Å². The monoisotopic (exact) mass is 241 g/mol. The maximum Gasteiger partial charge on any atom is 0.237 e. The molecular formula is C10H19N5O2. The van der Waals surface area contributed by atoms with Crippen molar-refractivity contribution in [3.8, 4) is 0 Å². The van der Waals surface area contributed by atoms with Crippen LogP contribution in [0.3, 0.4) is 0 Å². The molecule has 0 bridgehead atoms. The van der Waals surface area contributed by atoms with Crippen LogP contribution in [0.1, 0.15) is 19.8 Å². The summed E-state index contributed by atoms with van der Waals surface area (Å²) in [5.41, 5.74) is 10.4. The zero-order valence-corrected chi connectivity index (χ0v) is 9.90. The van der Waals surface area contributed by atoms with Gasteiger partial charge in [0, 0.05) is 13.1 Å². The van der Waals surface area contributed by atoms with E-state index < -0.39 is 6.04 Å². The summed E-state index contributed by atoms with van der Waals surface area (Å²) < 4.78 is 0. The van der Waals surface area contributed by atoms with Gasteiger partial charge in [0.2, 0.25) is 5.91 Å². The Balaban J connectivity index is 2.30. The number of nitrogens with one attached hydrogen (secondary N) is 2. The molecule has 0 aliphatic carbocycles. The van der Waals surface area contributed by atoms with Gasteiger partial charge in [-0.3, -0.25) is 14.6 Å². The first kappa shape index (κ1) is 13.4. The Morgan fingerprint density at radius 3 is 2.76 bits per heavy atom. The number of piperazine rings is 1. The zero-order valence-electron chi connectivity index (χ0n) is 9.90. The summed E-state index contributed by atoms with van der Waals surface area (Å²) in [6.45, 7) is 2.45. The quantitative estimate of drug-likeness (QED) is 0.254. The van der Waals surface area contributed by atoms with Crippen LogP contribution in [0.2, 0.25) is 0 Å². The molecule has 96 valence electrons. The molecule has 1 heterocycles. The molecule has 0 aromatic carbocycles. The van der Waals surface area contributed by atoms with E-state index in [1.807, 2.05) is 0 Å². The Morgan fingerprint density at radius 2 is 2.24 bits per heavy atom. The average Bonchev–Trinajstić information content (AvgIpc) is 2.25. The van der Waals surface area contributed by atoms with E-state index in [0.29, 0.717) is 25.9 Å². The van der Waals surface area contributed by atoms with Gasteiger partial charge in [0.15, 0.2) is 11.7 Å². The van der Waals surface area contributed by atoms with E-state index in [2.05, 4.69) is 15.6 Å². The van der Waals surface area contributed by atoms with Crippen LogP contribution in [0.15, 0.2) is 4.99 Å². The number of hydrogen-bond acceptors (Lipinski definition) is 4. The van der Waals surface area contributed by atoms with Gasteiger partial charge in [-0.1, -0.05) is 0 Å². The highest BCUT2D eigenvalue weighted by Crippen LogP contribution is 2.03.